The molecule has 4 atom stereocenters. The van der Waals surface area contributed by atoms with Crippen LogP contribution in [0.25, 0.3) is 0 Å². The number of hydrogen-bond acceptors (Lipinski definition) is 5. The van der Waals surface area contributed by atoms with Crippen molar-refractivity contribution in [2.24, 2.45) is 5.92 Å². The van der Waals surface area contributed by atoms with E-state index in [-0.39, 0.29) is 12.1 Å². The van der Waals surface area contributed by atoms with Crippen molar-refractivity contribution < 1.29 is 14.3 Å². The minimum atomic E-state index is -0.142. The zero-order valence-electron chi connectivity index (χ0n) is 12.0. The summed E-state index contributed by atoms with van der Waals surface area (Å²) in [6, 6.07) is 2.22. The molecule has 4 rings (SSSR count). The van der Waals surface area contributed by atoms with E-state index in [1.54, 1.807) is 12.3 Å². The Morgan fingerprint density at radius 1 is 1.33 bits per heavy atom. The van der Waals surface area contributed by atoms with Gasteiger partial charge in [0, 0.05) is 18.7 Å². The van der Waals surface area contributed by atoms with E-state index in [0.29, 0.717) is 36.4 Å². The van der Waals surface area contributed by atoms with Gasteiger partial charge in [0.25, 0.3) is 5.91 Å². The summed E-state index contributed by atoms with van der Waals surface area (Å²) in [5, 5.41) is 3.09. The minimum Gasteiger partial charge on any atom is -0.486 e. The van der Waals surface area contributed by atoms with Crippen LogP contribution in [0, 0.1) is 5.92 Å². The minimum absolute atomic E-state index is 0.140. The number of nitrogens with zero attached hydrogens (tertiary/aromatic N) is 2. The van der Waals surface area contributed by atoms with E-state index in [1.807, 2.05) is 0 Å². The van der Waals surface area contributed by atoms with E-state index in [2.05, 4.69) is 22.1 Å². The highest BCUT2D eigenvalue weighted by Crippen LogP contribution is 2.36. The van der Waals surface area contributed by atoms with Crippen molar-refractivity contribution in [3.8, 4) is 11.5 Å². The number of carbonyl (C=O) groups excluding carboxylic acids is 1. The van der Waals surface area contributed by atoms with Gasteiger partial charge in [-0.3, -0.25) is 9.69 Å². The Hall–Kier alpha value is -1.82. The maximum atomic E-state index is 12.4. The molecule has 0 aromatic carbocycles. The van der Waals surface area contributed by atoms with Crippen molar-refractivity contribution in [3.05, 3.63) is 18.0 Å². The fourth-order valence-corrected chi connectivity index (χ4v) is 3.67. The number of amides is 1. The van der Waals surface area contributed by atoms with Crippen LogP contribution in [0.2, 0.25) is 0 Å². The Kier molecular flexibility index (Phi) is 2.99. The molecule has 0 spiro atoms. The lowest BCUT2D eigenvalue weighted by Crippen LogP contribution is -2.48. The molecule has 2 bridgehead atoms. The van der Waals surface area contributed by atoms with Gasteiger partial charge in [0.2, 0.25) is 0 Å². The number of rotatable bonds is 2. The van der Waals surface area contributed by atoms with E-state index in [0.717, 1.165) is 18.9 Å². The number of fused-ring (bicyclic) bond motifs is 3. The molecule has 1 N–H and O–H groups in total. The number of carbonyl (C=O) groups is 1. The normalized spacial score (nSPS) is 33.0. The number of aromatic nitrogens is 1. The molecular weight excluding hydrogens is 270 g/mol. The van der Waals surface area contributed by atoms with Gasteiger partial charge >= 0.3 is 0 Å². The summed E-state index contributed by atoms with van der Waals surface area (Å²) in [7, 11) is 0. The van der Waals surface area contributed by atoms with Crippen LogP contribution in [-0.4, -0.2) is 47.8 Å². The smallest absolute Gasteiger partial charge is 0.271 e. The molecule has 0 saturated carbocycles. The van der Waals surface area contributed by atoms with Crippen molar-refractivity contribution in [1.29, 1.82) is 0 Å². The summed E-state index contributed by atoms with van der Waals surface area (Å²) < 4.78 is 10.9. The van der Waals surface area contributed by atoms with E-state index >= 15 is 0 Å². The van der Waals surface area contributed by atoms with Gasteiger partial charge in [0.1, 0.15) is 18.9 Å². The molecule has 1 amide bonds. The number of nitrogens with one attached hydrogen (secondary N) is 1. The Balaban J connectivity index is 1.48. The summed E-state index contributed by atoms with van der Waals surface area (Å²) in [4.78, 5) is 18.9. The highest BCUT2D eigenvalue weighted by molar-refractivity contribution is 5.93. The van der Waals surface area contributed by atoms with Gasteiger partial charge in [-0.15, -0.1) is 0 Å². The molecule has 0 radical (unpaired) electrons. The zero-order chi connectivity index (χ0) is 14.4. The molecule has 0 aliphatic carbocycles. The number of pyridine rings is 1. The van der Waals surface area contributed by atoms with Gasteiger partial charge in [-0.25, -0.2) is 4.98 Å². The van der Waals surface area contributed by atoms with Gasteiger partial charge in [-0.2, -0.15) is 0 Å². The number of ether oxygens (including phenoxy) is 2. The first-order valence-corrected chi connectivity index (χ1v) is 7.53. The van der Waals surface area contributed by atoms with Crippen molar-refractivity contribution in [2.45, 2.75) is 32.0 Å². The van der Waals surface area contributed by atoms with E-state index in [9.17, 15) is 4.79 Å². The van der Waals surface area contributed by atoms with Gasteiger partial charge in [-0.05, 0) is 25.7 Å². The molecule has 4 heterocycles. The highest BCUT2D eigenvalue weighted by Gasteiger charge is 2.42. The van der Waals surface area contributed by atoms with Crippen molar-refractivity contribution in [1.82, 2.24) is 15.2 Å². The first-order chi connectivity index (χ1) is 10.2. The summed E-state index contributed by atoms with van der Waals surface area (Å²) in [6.07, 6.45) is 3.99. The lowest BCUT2D eigenvalue weighted by atomic mass is 9.99. The lowest BCUT2D eigenvalue weighted by molar-refractivity contribution is 0.0843. The largest absolute Gasteiger partial charge is 0.486 e. The highest BCUT2D eigenvalue weighted by atomic mass is 16.6. The average Bonchev–Trinajstić information content (AvgIpc) is 3.05. The second kappa shape index (κ2) is 4.87. The molecule has 2 saturated heterocycles. The maximum absolute atomic E-state index is 12.4. The van der Waals surface area contributed by atoms with Crippen molar-refractivity contribution >= 4 is 5.91 Å². The first-order valence-electron chi connectivity index (χ1n) is 7.53. The van der Waals surface area contributed by atoms with Gasteiger partial charge < -0.3 is 14.8 Å². The SMILES string of the molecule is CC1CC2CC(NC(=O)c3cc4c(cn3)OCCO4)N1C2. The Morgan fingerprint density at radius 3 is 2.90 bits per heavy atom. The monoisotopic (exact) mass is 289 g/mol. The van der Waals surface area contributed by atoms with Crippen LogP contribution in [0.1, 0.15) is 30.3 Å². The van der Waals surface area contributed by atoms with Gasteiger partial charge in [0.15, 0.2) is 11.5 Å². The summed E-state index contributed by atoms with van der Waals surface area (Å²) in [5.41, 5.74) is 0.385. The molecule has 21 heavy (non-hydrogen) atoms. The van der Waals surface area contributed by atoms with Crippen LogP contribution >= 0.6 is 0 Å². The molecule has 3 aliphatic heterocycles. The van der Waals surface area contributed by atoms with Crippen LogP contribution in [0.15, 0.2) is 12.3 Å². The summed E-state index contributed by atoms with van der Waals surface area (Å²) in [6.45, 7) is 4.35. The Morgan fingerprint density at radius 2 is 2.14 bits per heavy atom. The van der Waals surface area contributed by atoms with Gasteiger partial charge in [-0.1, -0.05) is 0 Å². The predicted molar refractivity (Wildman–Crippen MR) is 75.4 cm³/mol. The molecular formula is C15H19N3O3. The predicted octanol–water partition coefficient (Wildman–Crippen LogP) is 1.02. The fourth-order valence-electron chi connectivity index (χ4n) is 3.67. The first kappa shape index (κ1) is 12.9. The van der Waals surface area contributed by atoms with Crippen LogP contribution in [0.5, 0.6) is 11.5 Å². The molecule has 6 heteroatoms. The third-order valence-electron chi connectivity index (χ3n) is 4.63. The van der Waals surface area contributed by atoms with E-state index in [1.165, 1.54) is 6.42 Å². The van der Waals surface area contributed by atoms with Crippen LogP contribution in [0.3, 0.4) is 0 Å². The summed E-state index contributed by atoms with van der Waals surface area (Å²) >= 11 is 0. The number of piperidine rings is 1. The Labute approximate surface area is 123 Å². The standard InChI is InChI=1S/C15H19N3O3/c1-9-4-10-5-14(18(9)8-10)17-15(19)11-6-12-13(7-16-11)21-3-2-20-12/h6-7,9-10,14H,2-5,8H2,1H3,(H,17,19). The molecule has 1 aromatic heterocycles. The second-order valence-electron chi connectivity index (χ2n) is 6.09. The van der Waals surface area contributed by atoms with Crippen molar-refractivity contribution in [2.75, 3.05) is 19.8 Å². The maximum Gasteiger partial charge on any atom is 0.271 e. The molecule has 112 valence electrons. The zero-order valence-corrected chi connectivity index (χ0v) is 12.0. The van der Waals surface area contributed by atoms with E-state index < -0.39 is 0 Å². The number of hydrogen-bond donors (Lipinski definition) is 1. The summed E-state index contributed by atoms with van der Waals surface area (Å²) in [5.74, 6) is 1.79. The molecule has 2 fully saturated rings. The van der Waals surface area contributed by atoms with E-state index in [4.69, 9.17) is 9.47 Å². The third-order valence-corrected chi connectivity index (χ3v) is 4.63. The fraction of sp³-hybridized carbons (Fsp3) is 0.600. The quantitative estimate of drug-likeness (QED) is 0.881. The van der Waals surface area contributed by atoms with Crippen molar-refractivity contribution in [3.63, 3.8) is 0 Å². The Bertz CT molecular complexity index is 577. The molecule has 4 unspecified atom stereocenters. The molecule has 1 aromatic rings. The second-order valence-corrected chi connectivity index (χ2v) is 6.09. The average molecular weight is 289 g/mol. The van der Waals surface area contributed by atoms with Crippen LogP contribution in [-0.2, 0) is 0 Å². The van der Waals surface area contributed by atoms with Crippen LogP contribution in [0.4, 0.5) is 0 Å². The van der Waals surface area contributed by atoms with Gasteiger partial charge in [0.05, 0.1) is 12.4 Å². The lowest BCUT2D eigenvalue weighted by Gasteiger charge is -2.30. The topological polar surface area (TPSA) is 63.7 Å². The van der Waals surface area contributed by atoms with Crippen LogP contribution < -0.4 is 14.8 Å². The third kappa shape index (κ3) is 2.23. The molecule has 3 aliphatic rings. The molecule has 6 nitrogen and oxygen atoms in total.